The maximum Gasteiger partial charge on any atom is 0.218 e. The van der Waals surface area contributed by atoms with Gasteiger partial charge in [-0.25, -0.2) is 9.37 Å². The minimum Gasteiger partial charge on any atom is -0.490 e. The van der Waals surface area contributed by atoms with Crippen LogP contribution in [0.1, 0.15) is 11.1 Å². The van der Waals surface area contributed by atoms with E-state index in [1.165, 1.54) is 6.07 Å². The Kier molecular flexibility index (Phi) is 3.42. The Morgan fingerprint density at radius 3 is 3.00 bits per heavy atom. The van der Waals surface area contributed by atoms with Crippen molar-refractivity contribution in [1.82, 2.24) is 14.8 Å². The van der Waals surface area contributed by atoms with Crippen molar-refractivity contribution in [3.8, 4) is 17.4 Å². The van der Waals surface area contributed by atoms with Crippen LogP contribution < -0.4 is 9.47 Å². The van der Waals surface area contributed by atoms with Crippen molar-refractivity contribution in [3.05, 3.63) is 65.7 Å². The second-order valence-corrected chi connectivity index (χ2v) is 5.17. The average molecular weight is 311 g/mol. The minimum atomic E-state index is -0.320. The van der Waals surface area contributed by atoms with Gasteiger partial charge in [-0.15, -0.1) is 0 Å². The lowest BCUT2D eigenvalue weighted by Gasteiger charge is -2.11. The topological polar surface area (TPSA) is 49.2 Å². The molecule has 0 fully saturated rings. The molecule has 0 saturated heterocycles. The monoisotopic (exact) mass is 311 g/mol. The summed E-state index contributed by atoms with van der Waals surface area (Å²) in [4.78, 5) is 4.26. The maximum atomic E-state index is 13.7. The molecule has 0 spiro atoms. The fourth-order valence-corrected chi connectivity index (χ4v) is 2.66. The zero-order chi connectivity index (χ0) is 15.6. The predicted molar refractivity (Wildman–Crippen MR) is 81.3 cm³/mol. The summed E-state index contributed by atoms with van der Waals surface area (Å²) in [6, 6.07) is 10.5. The second kappa shape index (κ2) is 5.72. The van der Waals surface area contributed by atoms with Gasteiger partial charge in [-0.3, -0.25) is 0 Å². The number of benzene rings is 1. The van der Waals surface area contributed by atoms with E-state index in [0.29, 0.717) is 37.1 Å². The molecule has 0 unspecified atom stereocenters. The Morgan fingerprint density at radius 2 is 2.13 bits per heavy atom. The summed E-state index contributed by atoms with van der Waals surface area (Å²) in [5.74, 6) is 1.30. The summed E-state index contributed by atoms with van der Waals surface area (Å²) in [6.45, 7) is 0.833. The lowest BCUT2D eigenvalue weighted by molar-refractivity contribution is 0.283. The van der Waals surface area contributed by atoms with Gasteiger partial charge in [0.05, 0.1) is 12.8 Å². The van der Waals surface area contributed by atoms with Crippen LogP contribution in [0.3, 0.4) is 0 Å². The molecule has 3 aromatic rings. The van der Waals surface area contributed by atoms with E-state index in [0.717, 1.165) is 11.1 Å². The van der Waals surface area contributed by atoms with Crippen LogP contribution in [-0.2, 0) is 13.0 Å². The van der Waals surface area contributed by atoms with Crippen molar-refractivity contribution in [1.29, 1.82) is 0 Å². The quantitative estimate of drug-likeness (QED) is 0.743. The Morgan fingerprint density at radius 1 is 1.17 bits per heavy atom. The zero-order valence-corrected chi connectivity index (χ0v) is 12.3. The smallest absolute Gasteiger partial charge is 0.218 e. The first-order valence-corrected chi connectivity index (χ1v) is 7.34. The van der Waals surface area contributed by atoms with Gasteiger partial charge >= 0.3 is 0 Å². The molecule has 23 heavy (non-hydrogen) atoms. The predicted octanol–water partition coefficient (Wildman–Crippen LogP) is 2.92. The Labute approximate surface area is 132 Å². The lowest BCUT2D eigenvalue weighted by Crippen LogP contribution is -2.05. The Bertz CT molecular complexity index is 833. The van der Waals surface area contributed by atoms with Crippen LogP contribution in [0.25, 0.3) is 5.82 Å². The Balaban J connectivity index is 1.58. The van der Waals surface area contributed by atoms with E-state index in [4.69, 9.17) is 9.47 Å². The molecule has 0 saturated carbocycles. The van der Waals surface area contributed by atoms with Gasteiger partial charge in [0, 0.05) is 24.2 Å². The molecule has 116 valence electrons. The van der Waals surface area contributed by atoms with Crippen molar-refractivity contribution < 1.29 is 13.9 Å². The van der Waals surface area contributed by atoms with Crippen molar-refractivity contribution >= 4 is 0 Å². The number of hydrogen-bond donors (Lipinski definition) is 0. The Hall–Kier alpha value is -2.89. The van der Waals surface area contributed by atoms with Crippen LogP contribution in [0.15, 0.2) is 48.8 Å². The normalized spacial score (nSPS) is 12.7. The number of halogens is 1. The molecule has 0 atom stereocenters. The summed E-state index contributed by atoms with van der Waals surface area (Å²) in [5, 5.41) is 4.23. The maximum absolute atomic E-state index is 13.7. The SMILES string of the molecule is Fc1ccc(COc2ccnn2-c2ccccn2)c2c1OCC2. The minimum absolute atomic E-state index is 0.320. The van der Waals surface area contributed by atoms with Crippen LogP contribution in [0.2, 0.25) is 0 Å². The second-order valence-electron chi connectivity index (χ2n) is 5.17. The third-order valence-corrected chi connectivity index (χ3v) is 3.76. The van der Waals surface area contributed by atoms with E-state index in [2.05, 4.69) is 10.1 Å². The van der Waals surface area contributed by atoms with Gasteiger partial charge in [0.2, 0.25) is 5.88 Å². The number of aromatic nitrogens is 3. The molecule has 0 aliphatic carbocycles. The van der Waals surface area contributed by atoms with E-state index >= 15 is 0 Å². The lowest BCUT2D eigenvalue weighted by atomic mass is 10.1. The van der Waals surface area contributed by atoms with Crippen LogP contribution >= 0.6 is 0 Å². The molecule has 1 aliphatic rings. The van der Waals surface area contributed by atoms with Gasteiger partial charge in [0.25, 0.3) is 0 Å². The van der Waals surface area contributed by atoms with E-state index in [-0.39, 0.29) is 5.82 Å². The summed E-state index contributed by atoms with van der Waals surface area (Å²) >= 11 is 0. The average Bonchev–Trinajstić information content (AvgIpc) is 3.25. The molecule has 3 heterocycles. The highest BCUT2D eigenvalue weighted by atomic mass is 19.1. The highest BCUT2D eigenvalue weighted by Gasteiger charge is 2.21. The first-order valence-electron chi connectivity index (χ1n) is 7.34. The highest BCUT2D eigenvalue weighted by Crippen LogP contribution is 2.32. The summed E-state index contributed by atoms with van der Waals surface area (Å²) < 4.78 is 26.5. The van der Waals surface area contributed by atoms with E-state index in [9.17, 15) is 4.39 Å². The molecular formula is C17H14FN3O2. The van der Waals surface area contributed by atoms with Gasteiger partial charge in [-0.2, -0.15) is 9.78 Å². The van der Waals surface area contributed by atoms with Gasteiger partial charge in [-0.05, 0) is 23.8 Å². The molecule has 0 N–H and O–H groups in total. The first kappa shape index (κ1) is 13.8. The third-order valence-electron chi connectivity index (χ3n) is 3.76. The summed E-state index contributed by atoms with van der Waals surface area (Å²) in [7, 11) is 0. The number of hydrogen-bond acceptors (Lipinski definition) is 4. The third kappa shape index (κ3) is 2.52. The zero-order valence-electron chi connectivity index (χ0n) is 12.3. The van der Waals surface area contributed by atoms with Crippen LogP contribution in [0.4, 0.5) is 4.39 Å². The van der Waals surface area contributed by atoms with Crippen LogP contribution in [0, 0.1) is 5.82 Å². The van der Waals surface area contributed by atoms with Crippen molar-refractivity contribution in [2.45, 2.75) is 13.0 Å². The summed E-state index contributed by atoms with van der Waals surface area (Å²) in [6.07, 6.45) is 4.05. The largest absolute Gasteiger partial charge is 0.490 e. The molecule has 1 aromatic carbocycles. The van der Waals surface area contributed by atoms with Gasteiger partial charge in [0.15, 0.2) is 17.4 Å². The molecule has 0 amide bonds. The van der Waals surface area contributed by atoms with Crippen molar-refractivity contribution in [2.75, 3.05) is 6.61 Å². The number of fused-ring (bicyclic) bond motifs is 1. The molecule has 1 aliphatic heterocycles. The number of ether oxygens (including phenoxy) is 2. The fourth-order valence-electron chi connectivity index (χ4n) is 2.66. The number of rotatable bonds is 4. The summed E-state index contributed by atoms with van der Waals surface area (Å²) in [5.41, 5.74) is 1.81. The van der Waals surface area contributed by atoms with Crippen LogP contribution in [-0.4, -0.2) is 21.4 Å². The molecular weight excluding hydrogens is 297 g/mol. The van der Waals surface area contributed by atoms with Gasteiger partial charge < -0.3 is 9.47 Å². The molecule has 0 radical (unpaired) electrons. The van der Waals surface area contributed by atoms with Crippen molar-refractivity contribution in [3.63, 3.8) is 0 Å². The number of pyridine rings is 1. The van der Waals surface area contributed by atoms with Gasteiger partial charge in [-0.1, -0.05) is 12.1 Å². The van der Waals surface area contributed by atoms with Crippen molar-refractivity contribution in [2.24, 2.45) is 0 Å². The number of nitrogens with zero attached hydrogens (tertiary/aromatic N) is 3. The molecule has 0 bridgehead atoms. The molecule has 5 nitrogen and oxygen atoms in total. The first-order chi connectivity index (χ1) is 11.3. The molecule has 2 aromatic heterocycles. The molecule has 6 heteroatoms. The van der Waals surface area contributed by atoms with Gasteiger partial charge in [0.1, 0.15) is 6.61 Å². The van der Waals surface area contributed by atoms with E-state index in [1.807, 2.05) is 18.2 Å². The van der Waals surface area contributed by atoms with E-state index < -0.39 is 0 Å². The standard InChI is InChI=1S/C17H14FN3O2/c18-14-5-4-12(13-7-10-22-17(13)14)11-23-16-6-9-20-21(16)15-3-1-2-8-19-15/h1-6,8-9H,7,10-11H2. The highest BCUT2D eigenvalue weighted by molar-refractivity contribution is 5.44. The molecule has 4 rings (SSSR count). The fraction of sp³-hybridized carbons (Fsp3) is 0.176. The van der Waals surface area contributed by atoms with E-state index in [1.54, 1.807) is 29.2 Å². The van der Waals surface area contributed by atoms with Crippen LogP contribution in [0.5, 0.6) is 11.6 Å².